The Morgan fingerprint density at radius 3 is 2.45 bits per heavy atom. The fraction of sp³-hybridized carbons (Fsp3) is 0.0769. The third kappa shape index (κ3) is 3.08. The molecule has 2 N–H and O–H groups in total. The van der Waals surface area contributed by atoms with Gasteiger partial charge in [-0.05, 0) is 18.2 Å². The van der Waals surface area contributed by atoms with E-state index in [2.05, 4.69) is 15.3 Å². The van der Waals surface area contributed by atoms with E-state index in [0.717, 1.165) is 0 Å². The Hall–Kier alpha value is -2.96. The average Bonchev–Trinajstić information content (AvgIpc) is 2.48. The minimum atomic E-state index is -1.14. The Morgan fingerprint density at radius 1 is 1.15 bits per heavy atom. The second-order valence-corrected chi connectivity index (χ2v) is 3.78. The molecule has 102 valence electrons. The van der Waals surface area contributed by atoms with Gasteiger partial charge in [0.05, 0.1) is 24.6 Å². The van der Waals surface area contributed by atoms with Crippen molar-refractivity contribution in [1.29, 1.82) is 0 Å². The van der Waals surface area contributed by atoms with Crippen LogP contribution in [0.5, 0.6) is 5.88 Å². The van der Waals surface area contributed by atoms with Crippen LogP contribution in [-0.4, -0.2) is 34.1 Å². The Morgan fingerprint density at radius 2 is 1.95 bits per heavy atom. The zero-order valence-electron chi connectivity index (χ0n) is 10.5. The summed E-state index contributed by atoms with van der Waals surface area (Å²) < 4.78 is 4.90. The number of pyridine rings is 2. The van der Waals surface area contributed by atoms with Crippen LogP contribution in [0.3, 0.4) is 0 Å². The molecule has 0 saturated heterocycles. The molecule has 20 heavy (non-hydrogen) atoms. The van der Waals surface area contributed by atoms with Crippen LogP contribution in [0.25, 0.3) is 0 Å². The number of rotatable bonds is 4. The zero-order chi connectivity index (χ0) is 14.5. The number of carbonyl (C=O) groups is 2. The number of ether oxygens (including phenoxy) is 1. The summed E-state index contributed by atoms with van der Waals surface area (Å²) in [4.78, 5) is 30.2. The van der Waals surface area contributed by atoms with Gasteiger partial charge in [0.2, 0.25) is 5.88 Å². The van der Waals surface area contributed by atoms with Gasteiger partial charge in [-0.2, -0.15) is 0 Å². The van der Waals surface area contributed by atoms with E-state index in [9.17, 15) is 9.59 Å². The third-order valence-corrected chi connectivity index (χ3v) is 2.45. The van der Waals surface area contributed by atoms with Crippen LogP contribution in [0, 0.1) is 0 Å². The molecule has 1 amide bonds. The van der Waals surface area contributed by atoms with Crippen molar-refractivity contribution in [3.8, 4) is 5.88 Å². The van der Waals surface area contributed by atoms with Crippen LogP contribution in [0.2, 0.25) is 0 Å². The van der Waals surface area contributed by atoms with E-state index < -0.39 is 11.9 Å². The highest BCUT2D eigenvalue weighted by molar-refractivity contribution is 6.04. The molecule has 0 aliphatic heterocycles. The summed E-state index contributed by atoms with van der Waals surface area (Å²) in [5.74, 6) is -1.10. The van der Waals surface area contributed by atoms with Crippen LogP contribution >= 0.6 is 0 Å². The van der Waals surface area contributed by atoms with Crippen molar-refractivity contribution in [2.45, 2.75) is 0 Å². The predicted octanol–water partition coefficient (Wildman–Crippen LogP) is 1.44. The maximum Gasteiger partial charge on any atom is 0.354 e. The van der Waals surface area contributed by atoms with Gasteiger partial charge < -0.3 is 15.2 Å². The van der Waals surface area contributed by atoms with Crippen LogP contribution in [0.1, 0.15) is 20.8 Å². The average molecular weight is 273 g/mol. The molecule has 0 aliphatic carbocycles. The first-order chi connectivity index (χ1) is 9.60. The van der Waals surface area contributed by atoms with Gasteiger partial charge in [0.1, 0.15) is 5.69 Å². The monoisotopic (exact) mass is 273 g/mol. The second-order valence-electron chi connectivity index (χ2n) is 3.78. The lowest BCUT2D eigenvalue weighted by molar-refractivity contribution is 0.0690. The highest BCUT2D eigenvalue weighted by atomic mass is 16.5. The summed E-state index contributed by atoms with van der Waals surface area (Å²) in [6.45, 7) is 0. The Labute approximate surface area is 114 Å². The first-order valence-electron chi connectivity index (χ1n) is 5.61. The fourth-order valence-electron chi connectivity index (χ4n) is 1.43. The van der Waals surface area contributed by atoms with Crippen LogP contribution in [0.4, 0.5) is 5.69 Å². The molecule has 0 aliphatic rings. The molecular formula is C13H11N3O4. The highest BCUT2D eigenvalue weighted by Crippen LogP contribution is 2.12. The smallest absolute Gasteiger partial charge is 0.354 e. The van der Waals surface area contributed by atoms with E-state index in [1.165, 1.54) is 31.6 Å². The van der Waals surface area contributed by atoms with E-state index in [0.29, 0.717) is 11.6 Å². The number of methoxy groups -OCH3 is 1. The number of amides is 1. The van der Waals surface area contributed by atoms with Crippen molar-refractivity contribution >= 4 is 17.6 Å². The number of anilines is 1. The maximum absolute atomic E-state index is 11.9. The normalized spacial score (nSPS) is 9.85. The van der Waals surface area contributed by atoms with Gasteiger partial charge in [0, 0.05) is 12.3 Å². The molecule has 0 aromatic carbocycles. The molecule has 0 bridgehead atoms. The summed E-state index contributed by atoms with van der Waals surface area (Å²) in [6, 6.07) is 5.91. The summed E-state index contributed by atoms with van der Waals surface area (Å²) in [6.07, 6.45) is 2.66. The summed E-state index contributed by atoms with van der Waals surface area (Å²) in [7, 11) is 1.50. The minimum Gasteiger partial charge on any atom is -0.481 e. The summed E-state index contributed by atoms with van der Waals surface area (Å²) in [5, 5.41) is 11.3. The lowest BCUT2D eigenvalue weighted by Gasteiger charge is -2.05. The van der Waals surface area contributed by atoms with Crippen molar-refractivity contribution < 1.29 is 19.4 Å². The molecule has 7 heteroatoms. The van der Waals surface area contributed by atoms with Crippen molar-refractivity contribution in [3.05, 3.63) is 47.9 Å². The number of carboxylic acids is 1. The Bertz CT molecular complexity index is 623. The topological polar surface area (TPSA) is 101 Å². The number of carbonyl (C=O) groups excluding carboxylic acids is 1. The molecule has 2 aromatic rings. The van der Waals surface area contributed by atoms with Gasteiger partial charge in [0.15, 0.2) is 0 Å². The molecule has 0 radical (unpaired) electrons. The van der Waals surface area contributed by atoms with Crippen molar-refractivity contribution in [2.24, 2.45) is 0 Å². The largest absolute Gasteiger partial charge is 0.481 e. The first-order valence-corrected chi connectivity index (χ1v) is 5.61. The lowest BCUT2D eigenvalue weighted by atomic mass is 10.2. The molecule has 0 unspecified atom stereocenters. The van der Waals surface area contributed by atoms with E-state index in [4.69, 9.17) is 9.84 Å². The number of hydrogen-bond acceptors (Lipinski definition) is 5. The van der Waals surface area contributed by atoms with Gasteiger partial charge in [-0.3, -0.25) is 4.79 Å². The molecule has 0 spiro atoms. The zero-order valence-corrected chi connectivity index (χ0v) is 10.5. The Kier molecular flexibility index (Phi) is 3.90. The molecule has 2 rings (SSSR count). The van der Waals surface area contributed by atoms with Crippen LogP contribution in [0.15, 0.2) is 36.7 Å². The standard InChI is InChI=1S/C13H11N3O4/c1-20-11-5-3-9(7-15-11)16-12(17)8-2-4-10(13(18)19)14-6-8/h2-7H,1H3,(H,16,17)(H,18,19). The minimum absolute atomic E-state index is 0.118. The number of hydrogen-bond donors (Lipinski definition) is 2. The number of nitrogens with zero attached hydrogens (tertiary/aromatic N) is 2. The molecule has 7 nitrogen and oxygen atoms in total. The van der Waals surface area contributed by atoms with E-state index in [1.807, 2.05) is 0 Å². The van der Waals surface area contributed by atoms with Gasteiger partial charge in [0.25, 0.3) is 5.91 Å². The number of aromatic carboxylic acids is 1. The second kappa shape index (κ2) is 5.79. The van der Waals surface area contributed by atoms with Crippen molar-refractivity contribution in [3.63, 3.8) is 0 Å². The van der Waals surface area contributed by atoms with E-state index in [1.54, 1.807) is 12.1 Å². The Balaban J connectivity index is 2.08. The van der Waals surface area contributed by atoms with Crippen LogP contribution < -0.4 is 10.1 Å². The fourth-order valence-corrected chi connectivity index (χ4v) is 1.43. The van der Waals surface area contributed by atoms with E-state index >= 15 is 0 Å². The summed E-state index contributed by atoms with van der Waals surface area (Å²) >= 11 is 0. The maximum atomic E-state index is 11.9. The number of carboxylic acid groups (broad SMARTS) is 1. The lowest BCUT2D eigenvalue weighted by Crippen LogP contribution is -2.13. The molecule has 0 atom stereocenters. The molecule has 0 fully saturated rings. The molecule has 0 saturated carbocycles. The van der Waals surface area contributed by atoms with Gasteiger partial charge in [-0.1, -0.05) is 0 Å². The number of aromatic nitrogens is 2. The highest BCUT2D eigenvalue weighted by Gasteiger charge is 2.09. The molecule has 2 aromatic heterocycles. The van der Waals surface area contributed by atoms with Crippen LogP contribution in [-0.2, 0) is 0 Å². The quantitative estimate of drug-likeness (QED) is 0.873. The summed E-state index contributed by atoms with van der Waals surface area (Å²) in [5.41, 5.74) is 0.636. The van der Waals surface area contributed by atoms with Gasteiger partial charge in [-0.25, -0.2) is 14.8 Å². The van der Waals surface area contributed by atoms with Crippen molar-refractivity contribution in [2.75, 3.05) is 12.4 Å². The predicted molar refractivity (Wildman–Crippen MR) is 69.9 cm³/mol. The van der Waals surface area contributed by atoms with Gasteiger partial charge >= 0.3 is 5.97 Å². The first kappa shape index (κ1) is 13.5. The molecular weight excluding hydrogens is 262 g/mol. The number of nitrogens with one attached hydrogen (secondary N) is 1. The van der Waals surface area contributed by atoms with Gasteiger partial charge in [-0.15, -0.1) is 0 Å². The SMILES string of the molecule is COc1ccc(NC(=O)c2ccc(C(=O)O)nc2)cn1. The molecule has 2 heterocycles. The third-order valence-electron chi connectivity index (χ3n) is 2.45. The van der Waals surface area contributed by atoms with Crippen molar-refractivity contribution in [1.82, 2.24) is 9.97 Å². The van der Waals surface area contributed by atoms with E-state index in [-0.39, 0.29) is 11.3 Å².